The number of nitrogens with two attached hydrogens (primary N) is 1. The van der Waals surface area contributed by atoms with Gasteiger partial charge in [0.2, 0.25) is 6.79 Å². The van der Waals surface area contributed by atoms with E-state index in [0.717, 1.165) is 17.1 Å². The van der Waals surface area contributed by atoms with Crippen molar-refractivity contribution < 1.29 is 29.2 Å². The number of hydrogen-bond acceptors (Lipinski definition) is 7. The summed E-state index contributed by atoms with van der Waals surface area (Å²) in [5.41, 5.74) is 6.00. The van der Waals surface area contributed by atoms with E-state index < -0.39 is 5.54 Å². The van der Waals surface area contributed by atoms with E-state index in [1.165, 1.54) is 0 Å². The third-order valence-electron chi connectivity index (χ3n) is 4.43. The van der Waals surface area contributed by atoms with Gasteiger partial charge in [0.15, 0.2) is 11.5 Å². The monoisotopic (exact) mass is 375 g/mol. The molecule has 0 radical (unpaired) electrons. The first kappa shape index (κ1) is 19.3. The average Bonchev–Trinajstić information content (AvgIpc) is 3.18. The van der Waals surface area contributed by atoms with Crippen molar-refractivity contribution >= 4 is 0 Å². The first-order chi connectivity index (χ1) is 13.1. The molecule has 4 N–H and O–H groups in total. The molecular weight excluding hydrogens is 350 g/mol. The fraction of sp³-hybridized carbons (Fsp3) is 0.400. The van der Waals surface area contributed by atoms with Crippen LogP contribution in [-0.2, 0) is 6.42 Å². The van der Waals surface area contributed by atoms with Crippen molar-refractivity contribution in [3.63, 3.8) is 0 Å². The summed E-state index contributed by atoms with van der Waals surface area (Å²) in [7, 11) is 0. The van der Waals surface area contributed by atoms with Gasteiger partial charge < -0.3 is 34.9 Å². The minimum atomic E-state index is -0.943. The largest absolute Gasteiger partial charge is 0.490 e. The molecule has 7 nitrogen and oxygen atoms in total. The van der Waals surface area contributed by atoms with Crippen molar-refractivity contribution in [2.75, 3.05) is 33.2 Å². The third-order valence-corrected chi connectivity index (χ3v) is 4.43. The van der Waals surface area contributed by atoms with Gasteiger partial charge in [-0.2, -0.15) is 0 Å². The second kappa shape index (κ2) is 8.94. The second-order valence-electron chi connectivity index (χ2n) is 6.53. The van der Waals surface area contributed by atoms with Gasteiger partial charge in [0.05, 0.1) is 18.8 Å². The summed E-state index contributed by atoms with van der Waals surface area (Å²) in [6, 6.07) is 13.1. The number of hydrogen-bond donors (Lipinski definition) is 3. The van der Waals surface area contributed by atoms with E-state index >= 15 is 0 Å². The lowest BCUT2D eigenvalue weighted by Crippen LogP contribution is -2.47. The minimum Gasteiger partial charge on any atom is -0.490 e. The molecule has 0 unspecified atom stereocenters. The summed E-state index contributed by atoms with van der Waals surface area (Å²) in [4.78, 5) is 0. The Hall–Kier alpha value is -2.48. The smallest absolute Gasteiger partial charge is 0.231 e. The van der Waals surface area contributed by atoms with Crippen molar-refractivity contribution in [3.8, 4) is 23.0 Å². The Balaban J connectivity index is 1.40. The highest BCUT2D eigenvalue weighted by Gasteiger charge is 2.22. The quantitative estimate of drug-likeness (QED) is 0.541. The predicted molar refractivity (Wildman–Crippen MR) is 99.4 cm³/mol. The molecule has 0 spiro atoms. The number of aliphatic hydroxyl groups excluding tert-OH is 2. The Morgan fingerprint density at radius 3 is 2.22 bits per heavy atom. The zero-order chi connectivity index (χ0) is 19.1. The van der Waals surface area contributed by atoms with E-state index in [4.69, 9.17) is 24.7 Å². The lowest BCUT2D eigenvalue weighted by Gasteiger charge is -2.24. The molecule has 2 aromatic rings. The normalized spacial score (nSPS) is 12.9. The lowest BCUT2D eigenvalue weighted by molar-refractivity contribution is 0.115. The van der Waals surface area contributed by atoms with E-state index in [2.05, 4.69) is 0 Å². The van der Waals surface area contributed by atoms with E-state index in [-0.39, 0.29) is 20.0 Å². The molecular formula is C20H25NO6. The number of rotatable bonds is 10. The van der Waals surface area contributed by atoms with Gasteiger partial charge in [-0.25, -0.2) is 0 Å². The summed E-state index contributed by atoms with van der Waals surface area (Å²) in [6.45, 7) is 0.575. The van der Waals surface area contributed by atoms with Gasteiger partial charge in [-0.1, -0.05) is 12.1 Å². The van der Waals surface area contributed by atoms with Crippen LogP contribution < -0.4 is 24.7 Å². The van der Waals surface area contributed by atoms with Crippen LogP contribution in [0.5, 0.6) is 23.0 Å². The Bertz CT molecular complexity index is 730. The molecule has 3 rings (SSSR count). The Morgan fingerprint density at radius 2 is 1.52 bits per heavy atom. The van der Waals surface area contributed by atoms with Gasteiger partial charge in [-0.3, -0.25) is 0 Å². The van der Waals surface area contributed by atoms with Crippen molar-refractivity contribution in [2.24, 2.45) is 5.73 Å². The highest BCUT2D eigenvalue weighted by atomic mass is 16.7. The molecule has 146 valence electrons. The van der Waals surface area contributed by atoms with Gasteiger partial charge in [-0.05, 0) is 42.7 Å². The zero-order valence-corrected chi connectivity index (χ0v) is 15.1. The minimum absolute atomic E-state index is 0.240. The van der Waals surface area contributed by atoms with Crippen molar-refractivity contribution in [1.29, 1.82) is 0 Å². The van der Waals surface area contributed by atoms with Crippen LogP contribution in [0.3, 0.4) is 0 Å². The molecule has 0 saturated heterocycles. The van der Waals surface area contributed by atoms with Crippen LogP contribution >= 0.6 is 0 Å². The number of aryl methyl sites for hydroxylation is 1. The molecule has 0 saturated carbocycles. The van der Waals surface area contributed by atoms with Crippen LogP contribution in [0.2, 0.25) is 0 Å². The molecule has 1 heterocycles. The topological polar surface area (TPSA) is 103 Å². The van der Waals surface area contributed by atoms with E-state index in [0.29, 0.717) is 37.6 Å². The second-order valence-corrected chi connectivity index (χ2v) is 6.53. The van der Waals surface area contributed by atoms with Crippen LogP contribution in [0.4, 0.5) is 0 Å². The molecule has 1 aliphatic rings. The molecule has 0 atom stereocenters. The number of fused-ring (bicyclic) bond motifs is 1. The maximum atomic E-state index is 9.23. The molecule has 2 aromatic carbocycles. The lowest BCUT2D eigenvalue weighted by atomic mass is 9.94. The average molecular weight is 375 g/mol. The van der Waals surface area contributed by atoms with E-state index in [1.807, 2.05) is 36.4 Å². The SMILES string of the molecule is NC(CO)(CO)CCc1ccc(OCCOc2ccc3c(c2)OCO3)cc1. The summed E-state index contributed by atoms with van der Waals surface area (Å²) in [6.07, 6.45) is 1.18. The van der Waals surface area contributed by atoms with Gasteiger partial charge >= 0.3 is 0 Å². The fourth-order valence-corrected chi connectivity index (χ4v) is 2.64. The molecule has 7 heteroatoms. The molecule has 27 heavy (non-hydrogen) atoms. The Morgan fingerprint density at radius 1 is 0.889 bits per heavy atom. The van der Waals surface area contributed by atoms with Crippen LogP contribution in [-0.4, -0.2) is 49.0 Å². The van der Waals surface area contributed by atoms with Crippen LogP contribution in [0.15, 0.2) is 42.5 Å². The van der Waals surface area contributed by atoms with Crippen molar-refractivity contribution in [1.82, 2.24) is 0 Å². The summed E-state index contributed by atoms with van der Waals surface area (Å²) < 4.78 is 21.9. The summed E-state index contributed by atoms with van der Waals surface area (Å²) >= 11 is 0. The van der Waals surface area contributed by atoms with Crippen molar-refractivity contribution in [2.45, 2.75) is 18.4 Å². The van der Waals surface area contributed by atoms with Gasteiger partial charge in [0.1, 0.15) is 24.7 Å². The highest BCUT2D eigenvalue weighted by Crippen LogP contribution is 2.35. The molecule has 0 aromatic heterocycles. The predicted octanol–water partition coefficient (Wildman–Crippen LogP) is 1.49. The molecule has 0 amide bonds. The third kappa shape index (κ3) is 5.26. The van der Waals surface area contributed by atoms with Crippen LogP contribution in [0.1, 0.15) is 12.0 Å². The maximum absolute atomic E-state index is 9.23. The fourth-order valence-electron chi connectivity index (χ4n) is 2.64. The molecule has 0 aliphatic carbocycles. The van der Waals surface area contributed by atoms with Crippen LogP contribution in [0.25, 0.3) is 0 Å². The summed E-state index contributed by atoms with van der Waals surface area (Å²) in [5.74, 6) is 2.86. The van der Waals surface area contributed by atoms with E-state index in [9.17, 15) is 10.2 Å². The Labute approximate surface area is 158 Å². The van der Waals surface area contributed by atoms with Gasteiger partial charge in [0, 0.05) is 6.07 Å². The number of ether oxygens (including phenoxy) is 4. The van der Waals surface area contributed by atoms with Crippen molar-refractivity contribution in [3.05, 3.63) is 48.0 Å². The van der Waals surface area contributed by atoms with Gasteiger partial charge in [0.25, 0.3) is 0 Å². The first-order valence-electron chi connectivity index (χ1n) is 8.87. The maximum Gasteiger partial charge on any atom is 0.231 e. The standard InChI is InChI=1S/C20H25NO6/c21-20(12-22,13-23)8-7-15-1-3-16(4-2-15)24-9-10-25-17-5-6-18-19(11-17)27-14-26-18/h1-6,11,22-23H,7-10,12-14,21H2. The number of benzene rings is 2. The molecule has 0 fully saturated rings. The Kier molecular flexibility index (Phi) is 6.39. The molecule has 0 bridgehead atoms. The first-order valence-corrected chi connectivity index (χ1v) is 8.87. The van der Waals surface area contributed by atoms with E-state index in [1.54, 1.807) is 6.07 Å². The zero-order valence-electron chi connectivity index (χ0n) is 15.1. The van der Waals surface area contributed by atoms with Crippen LogP contribution in [0, 0.1) is 0 Å². The molecule has 1 aliphatic heterocycles. The summed E-state index contributed by atoms with van der Waals surface area (Å²) in [5, 5.41) is 18.5. The highest BCUT2D eigenvalue weighted by molar-refractivity contribution is 5.46. The van der Waals surface area contributed by atoms with Gasteiger partial charge in [-0.15, -0.1) is 0 Å². The number of aliphatic hydroxyl groups is 2.